The molecule has 36 heavy (non-hydrogen) atoms. The molecule has 0 saturated carbocycles. The summed E-state index contributed by atoms with van der Waals surface area (Å²) in [5.74, 6) is -0.530. The second kappa shape index (κ2) is 9.97. The zero-order valence-electron chi connectivity index (χ0n) is 21.0. The highest BCUT2D eigenvalue weighted by Crippen LogP contribution is 2.23. The second-order valence-electron chi connectivity index (χ2n) is 9.29. The molecule has 2 aromatic carbocycles. The zero-order chi connectivity index (χ0) is 25.2. The topological polar surface area (TPSA) is 80.0 Å². The minimum absolute atomic E-state index is 0.144. The van der Waals surface area contributed by atoms with Gasteiger partial charge in [0.1, 0.15) is 0 Å². The Morgan fingerprint density at radius 1 is 0.972 bits per heavy atom. The molecule has 4 aromatic rings. The fourth-order valence-corrected chi connectivity index (χ4v) is 4.95. The molecule has 0 aliphatic carbocycles. The molecule has 0 bridgehead atoms. The number of piperazine rings is 1. The first-order chi connectivity index (χ1) is 17.4. The van der Waals surface area contributed by atoms with Crippen molar-refractivity contribution in [2.75, 3.05) is 31.1 Å². The van der Waals surface area contributed by atoms with Crippen LogP contribution in [0.5, 0.6) is 0 Å². The minimum atomic E-state index is -0.806. The Balaban J connectivity index is 1.17. The van der Waals surface area contributed by atoms with Crippen LogP contribution in [0.2, 0.25) is 0 Å². The van der Waals surface area contributed by atoms with Gasteiger partial charge in [0, 0.05) is 55.1 Å². The summed E-state index contributed by atoms with van der Waals surface area (Å²) in [4.78, 5) is 34.3. The number of aromatic nitrogens is 3. The number of anilines is 1. The molecule has 1 saturated heterocycles. The highest BCUT2D eigenvalue weighted by molar-refractivity contribution is 5.92. The number of carbonyl (C=O) groups is 2. The zero-order valence-corrected chi connectivity index (χ0v) is 21.0. The van der Waals surface area contributed by atoms with E-state index in [-0.39, 0.29) is 18.3 Å². The number of hydrogen-bond acceptors (Lipinski definition) is 6. The van der Waals surface area contributed by atoms with Gasteiger partial charge in [-0.3, -0.25) is 9.59 Å². The van der Waals surface area contributed by atoms with E-state index in [0.29, 0.717) is 19.5 Å². The third-order valence-electron chi connectivity index (χ3n) is 6.97. The number of aryl methyl sites for hydroxylation is 2. The standard InChI is InChI=1S/C28H31N5O3/c1-19-23(20(2)33-27(29-19)24-11-7-8-12-25(24)30-33)13-14-26(34)36-21(3)28(35)32-17-15-31(16-18-32)22-9-5-4-6-10-22/h4-12,21H,13-18H2,1-3H3. The number of ether oxygens (including phenoxy) is 1. The van der Waals surface area contributed by atoms with E-state index in [1.807, 2.05) is 60.8 Å². The normalized spacial score (nSPS) is 14.9. The van der Waals surface area contributed by atoms with Crippen molar-refractivity contribution in [1.29, 1.82) is 0 Å². The van der Waals surface area contributed by atoms with Gasteiger partial charge in [-0.2, -0.15) is 5.10 Å². The average Bonchev–Trinajstić information content (AvgIpc) is 3.27. The van der Waals surface area contributed by atoms with Crippen molar-refractivity contribution in [3.63, 3.8) is 0 Å². The highest BCUT2D eigenvalue weighted by Gasteiger charge is 2.27. The van der Waals surface area contributed by atoms with Crippen molar-refractivity contribution < 1.29 is 14.3 Å². The molecule has 1 atom stereocenters. The maximum absolute atomic E-state index is 12.9. The number of para-hydroxylation sites is 1. The lowest BCUT2D eigenvalue weighted by Gasteiger charge is -2.37. The van der Waals surface area contributed by atoms with Crippen LogP contribution in [0.15, 0.2) is 54.6 Å². The maximum atomic E-state index is 12.9. The molecule has 8 heteroatoms. The van der Waals surface area contributed by atoms with Gasteiger partial charge < -0.3 is 14.5 Å². The summed E-state index contributed by atoms with van der Waals surface area (Å²) in [7, 11) is 0. The summed E-state index contributed by atoms with van der Waals surface area (Å²) in [6, 6.07) is 18.1. The van der Waals surface area contributed by atoms with Gasteiger partial charge in [-0.05, 0) is 57.0 Å². The van der Waals surface area contributed by atoms with Crippen molar-refractivity contribution in [3.05, 3.63) is 71.5 Å². The molecule has 5 rings (SSSR count). The molecule has 0 radical (unpaired) electrons. The van der Waals surface area contributed by atoms with Crippen LogP contribution < -0.4 is 4.90 Å². The Bertz CT molecular complexity index is 1410. The summed E-state index contributed by atoms with van der Waals surface area (Å²) >= 11 is 0. The van der Waals surface area contributed by atoms with E-state index < -0.39 is 6.10 Å². The molecule has 1 fully saturated rings. The van der Waals surface area contributed by atoms with E-state index in [4.69, 9.17) is 9.72 Å². The second-order valence-corrected chi connectivity index (χ2v) is 9.29. The van der Waals surface area contributed by atoms with Crippen LogP contribution in [0.3, 0.4) is 0 Å². The smallest absolute Gasteiger partial charge is 0.306 e. The molecule has 0 N–H and O–H groups in total. The van der Waals surface area contributed by atoms with E-state index in [1.54, 1.807) is 11.8 Å². The number of fused-ring (bicyclic) bond motifs is 3. The number of benzene rings is 2. The average molecular weight is 486 g/mol. The Morgan fingerprint density at radius 2 is 1.67 bits per heavy atom. The van der Waals surface area contributed by atoms with Gasteiger partial charge in [0.2, 0.25) is 0 Å². The number of nitrogens with zero attached hydrogens (tertiary/aromatic N) is 5. The SMILES string of the molecule is Cc1nc2c3ccccc3nn2c(C)c1CCC(=O)OC(C)C(=O)N1CCN(c2ccccc2)CC1. The number of amides is 1. The fraction of sp³-hybridized carbons (Fsp3) is 0.357. The van der Waals surface area contributed by atoms with Gasteiger partial charge in [0.15, 0.2) is 11.8 Å². The van der Waals surface area contributed by atoms with E-state index in [1.165, 1.54) is 0 Å². The monoisotopic (exact) mass is 485 g/mol. The Kier molecular flexibility index (Phi) is 6.59. The number of esters is 1. The van der Waals surface area contributed by atoms with Gasteiger partial charge in [0.05, 0.1) is 5.52 Å². The lowest BCUT2D eigenvalue weighted by atomic mass is 10.1. The molecule has 1 amide bonds. The van der Waals surface area contributed by atoms with Crippen LogP contribution in [0, 0.1) is 13.8 Å². The fourth-order valence-electron chi connectivity index (χ4n) is 4.95. The van der Waals surface area contributed by atoms with Crippen LogP contribution in [0.25, 0.3) is 16.6 Å². The van der Waals surface area contributed by atoms with E-state index in [2.05, 4.69) is 22.1 Å². The molecule has 8 nitrogen and oxygen atoms in total. The van der Waals surface area contributed by atoms with Gasteiger partial charge >= 0.3 is 5.97 Å². The summed E-state index contributed by atoms with van der Waals surface area (Å²) in [6.45, 7) is 8.34. The molecule has 186 valence electrons. The molecular weight excluding hydrogens is 454 g/mol. The van der Waals surface area contributed by atoms with E-state index in [9.17, 15) is 9.59 Å². The van der Waals surface area contributed by atoms with Crippen molar-refractivity contribution in [2.45, 2.75) is 39.7 Å². The molecular formula is C28H31N5O3. The third kappa shape index (κ3) is 4.63. The summed E-state index contributed by atoms with van der Waals surface area (Å²) in [5.41, 5.74) is 5.68. The first-order valence-corrected chi connectivity index (χ1v) is 12.4. The van der Waals surface area contributed by atoms with Crippen LogP contribution in [-0.2, 0) is 20.7 Å². The molecule has 1 aliphatic rings. The first-order valence-electron chi connectivity index (χ1n) is 12.4. The molecule has 3 heterocycles. The molecule has 1 aliphatic heterocycles. The maximum Gasteiger partial charge on any atom is 0.306 e. The third-order valence-corrected chi connectivity index (χ3v) is 6.97. The lowest BCUT2D eigenvalue weighted by Crippen LogP contribution is -2.51. The minimum Gasteiger partial charge on any atom is -0.453 e. The van der Waals surface area contributed by atoms with Crippen molar-refractivity contribution >= 4 is 34.1 Å². The summed E-state index contributed by atoms with van der Waals surface area (Å²) < 4.78 is 7.37. The van der Waals surface area contributed by atoms with Crippen LogP contribution in [-0.4, -0.2) is 63.7 Å². The quantitative estimate of drug-likeness (QED) is 0.388. The highest BCUT2D eigenvalue weighted by atomic mass is 16.5. The number of carbonyl (C=O) groups excluding carboxylic acids is 2. The van der Waals surface area contributed by atoms with Gasteiger partial charge in [-0.15, -0.1) is 0 Å². The van der Waals surface area contributed by atoms with Crippen molar-refractivity contribution in [2.24, 2.45) is 0 Å². The Hall–Kier alpha value is -3.94. The van der Waals surface area contributed by atoms with Gasteiger partial charge in [-0.1, -0.05) is 30.3 Å². The molecule has 1 unspecified atom stereocenters. The van der Waals surface area contributed by atoms with Crippen LogP contribution in [0.4, 0.5) is 5.69 Å². The van der Waals surface area contributed by atoms with Gasteiger partial charge in [-0.25, -0.2) is 9.50 Å². The van der Waals surface area contributed by atoms with Crippen molar-refractivity contribution in [3.8, 4) is 0 Å². The summed E-state index contributed by atoms with van der Waals surface area (Å²) in [6.07, 6.45) is -0.151. The Labute approximate surface area is 210 Å². The van der Waals surface area contributed by atoms with Gasteiger partial charge in [0.25, 0.3) is 5.91 Å². The largest absolute Gasteiger partial charge is 0.453 e. The summed E-state index contributed by atoms with van der Waals surface area (Å²) in [5, 5.41) is 5.68. The van der Waals surface area contributed by atoms with Crippen LogP contribution >= 0.6 is 0 Å². The number of rotatable bonds is 6. The number of hydrogen-bond donors (Lipinski definition) is 0. The predicted molar refractivity (Wildman–Crippen MR) is 139 cm³/mol. The van der Waals surface area contributed by atoms with E-state index in [0.717, 1.165) is 52.3 Å². The van der Waals surface area contributed by atoms with Crippen LogP contribution in [0.1, 0.15) is 30.3 Å². The Morgan fingerprint density at radius 3 is 2.42 bits per heavy atom. The first kappa shape index (κ1) is 23.8. The lowest BCUT2D eigenvalue weighted by molar-refractivity contribution is -0.159. The van der Waals surface area contributed by atoms with E-state index >= 15 is 0 Å². The van der Waals surface area contributed by atoms with Crippen molar-refractivity contribution in [1.82, 2.24) is 19.5 Å². The predicted octanol–water partition coefficient (Wildman–Crippen LogP) is 3.71. The molecule has 2 aromatic heterocycles. The molecule has 0 spiro atoms.